The molecule has 1 fully saturated rings. The molecule has 1 saturated carbocycles. The summed E-state index contributed by atoms with van der Waals surface area (Å²) in [5.74, 6) is 1.81. The minimum atomic E-state index is 0.680. The fourth-order valence-corrected chi connectivity index (χ4v) is 1.91. The van der Waals surface area contributed by atoms with E-state index in [2.05, 4.69) is 11.1 Å². The molecule has 0 aromatic heterocycles. The molecular formula is C8H12N2S. The Morgan fingerprint density at radius 1 is 1.64 bits per heavy atom. The molecule has 0 saturated heterocycles. The topological polar surface area (TPSA) is 38.4 Å². The van der Waals surface area contributed by atoms with Gasteiger partial charge in [0.2, 0.25) is 0 Å². The molecule has 2 rings (SSSR count). The first-order valence-corrected chi connectivity index (χ1v) is 4.99. The highest BCUT2D eigenvalue weighted by atomic mass is 32.2. The molecule has 0 bridgehead atoms. The van der Waals surface area contributed by atoms with Crippen molar-refractivity contribution in [3.05, 3.63) is 11.8 Å². The molecule has 0 aromatic rings. The van der Waals surface area contributed by atoms with Crippen molar-refractivity contribution in [2.24, 2.45) is 16.6 Å². The summed E-state index contributed by atoms with van der Waals surface area (Å²) in [6.07, 6.45) is 4.61. The Balaban J connectivity index is 1.99. The van der Waals surface area contributed by atoms with Gasteiger partial charge in [-0.05, 0) is 24.8 Å². The van der Waals surface area contributed by atoms with E-state index in [9.17, 15) is 0 Å². The second-order valence-corrected chi connectivity index (χ2v) is 4.10. The molecule has 0 unspecified atom stereocenters. The molecule has 60 valence electrons. The van der Waals surface area contributed by atoms with Crippen molar-refractivity contribution >= 4 is 16.8 Å². The average molecular weight is 168 g/mol. The number of hydrogen-bond donors (Lipinski definition) is 1. The van der Waals surface area contributed by atoms with Crippen LogP contribution >= 0.6 is 11.8 Å². The maximum absolute atomic E-state index is 5.83. The van der Waals surface area contributed by atoms with Gasteiger partial charge >= 0.3 is 0 Å². The maximum Gasteiger partial charge on any atom is 0.0922 e. The molecule has 1 aliphatic heterocycles. The Bertz CT molecular complexity index is 216. The number of rotatable bonds is 2. The molecule has 0 aromatic carbocycles. The van der Waals surface area contributed by atoms with Crippen molar-refractivity contribution in [3.8, 4) is 0 Å². The highest BCUT2D eigenvalue weighted by molar-refractivity contribution is 8.14. The molecule has 0 atom stereocenters. The van der Waals surface area contributed by atoms with Crippen LogP contribution in [-0.2, 0) is 0 Å². The lowest BCUT2D eigenvalue weighted by molar-refractivity contribution is 0.984. The van der Waals surface area contributed by atoms with Crippen LogP contribution in [-0.4, -0.2) is 17.3 Å². The largest absolute Gasteiger partial charge is 0.402 e. The van der Waals surface area contributed by atoms with Crippen molar-refractivity contribution in [3.63, 3.8) is 0 Å². The van der Waals surface area contributed by atoms with Crippen molar-refractivity contribution in [2.75, 3.05) is 12.3 Å². The molecule has 1 heterocycles. The van der Waals surface area contributed by atoms with E-state index in [0.29, 0.717) is 5.92 Å². The minimum absolute atomic E-state index is 0.680. The summed E-state index contributed by atoms with van der Waals surface area (Å²) in [6, 6.07) is 0. The standard InChI is InChI=1S/C8H12N2S/c9-7(6-1-2-6)5-8-10-3-4-11-8/h5-6H,1-4,9H2/b7-5-. The number of nitrogens with zero attached hydrogens (tertiary/aromatic N) is 1. The van der Waals surface area contributed by atoms with Gasteiger partial charge in [0.25, 0.3) is 0 Å². The highest BCUT2D eigenvalue weighted by Gasteiger charge is 2.24. The third-order valence-electron chi connectivity index (χ3n) is 1.95. The van der Waals surface area contributed by atoms with Crippen LogP contribution in [0.2, 0.25) is 0 Å². The van der Waals surface area contributed by atoms with Crippen LogP contribution in [0.25, 0.3) is 0 Å². The van der Waals surface area contributed by atoms with Gasteiger partial charge < -0.3 is 5.73 Å². The van der Waals surface area contributed by atoms with Gasteiger partial charge in [0.15, 0.2) is 0 Å². The van der Waals surface area contributed by atoms with E-state index in [4.69, 9.17) is 5.73 Å². The summed E-state index contributed by atoms with van der Waals surface area (Å²) < 4.78 is 0. The second-order valence-electron chi connectivity index (χ2n) is 2.99. The lowest BCUT2D eigenvalue weighted by atomic mass is 10.3. The van der Waals surface area contributed by atoms with Crippen LogP contribution in [0.15, 0.2) is 16.8 Å². The predicted molar refractivity (Wildman–Crippen MR) is 49.8 cm³/mol. The molecule has 0 radical (unpaired) electrons. The normalized spacial score (nSPS) is 25.5. The summed E-state index contributed by atoms with van der Waals surface area (Å²) in [6.45, 7) is 0.967. The van der Waals surface area contributed by atoms with E-state index in [1.165, 1.54) is 12.8 Å². The third-order valence-corrected chi connectivity index (χ3v) is 2.88. The smallest absolute Gasteiger partial charge is 0.0922 e. The van der Waals surface area contributed by atoms with E-state index in [1.807, 2.05) is 11.8 Å². The van der Waals surface area contributed by atoms with Crippen LogP contribution in [0.3, 0.4) is 0 Å². The molecule has 2 N–H and O–H groups in total. The van der Waals surface area contributed by atoms with Crippen LogP contribution in [0, 0.1) is 5.92 Å². The number of nitrogens with two attached hydrogens (primary N) is 1. The van der Waals surface area contributed by atoms with Gasteiger partial charge in [-0.3, -0.25) is 4.99 Å². The van der Waals surface area contributed by atoms with Gasteiger partial charge in [0.05, 0.1) is 5.04 Å². The Labute approximate surface area is 71.0 Å². The third kappa shape index (κ3) is 1.77. The fraction of sp³-hybridized carbons (Fsp3) is 0.625. The van der Waals surface area contributed by atoms with Gasteiger partial charge in [-0.15, -0.1) is 11.8 Å². The second kappa shape index (κ2) is 2.89. The van der Waals surface area contributed by atoms with Crippen LogP contribution in [0.4, 0.5) is 0 Å². The Kier molecular flexibility index (Phi) is 1.90. The van der Waals surface area contributed by atoms with Gasteiger partial charge in [-0.25, -0.2) is 0 Å². The number of aliphatic imine (C=N–C) groups is 1. The first-order valence-electron chi connectivity index (χ1n) is 4.00. The summed E-state index contributed by atoms with van der Waals surface area (Å²) in [4.78, 5) is 4.31. The lowest BCUT2D eigenvalue weighted by Gasteiger charge is -1.95. The molecule has 1 aliphatic carbocycles. The van der Waals surface area contributed by atoms with Crippen molar-refractivity contribution in [1.82, 2.24) is 0 Å². The van der Waals surface area contributed by atoms with Crippen molar-refractivity contribution in [2.45, 2.75) is 12.8 Å². The first kappa shape index (κ1) is 7.22. The summed E-state index contributed by atoms with van der Waals surface area (Å²) in [5, 5.41) is 1.13. The van der Waals surface area contributed by atoms with Gasteiger partial charge in [0, 0.05) is 18.0 Å². The van der Waals surface area contributed by atoms with E-state index >= 15 is 0 Å². The maximum atomic E-state index is 5.83. The first-order chi connectivity index (χ1) is 5.36. The Morgan fingerprint density at radius 3 is 3.00 bits per heavy atom. The van der Waals surface area contributed by atoms with E-state index < -0.39 is 0 Å². The molecule has 0 spiro atoms. The van der Waals surface area contributed by atoms with E-state index in [0.717, 1.165) is 23.0 Å². The molecule has 2 nitrogen and oxygen atoms in total. The molecule has 3 heteroatoms. The average Bonchev–Trinajstić information content (AvgIpc) is 2.73. The van der Waals surface area contributed by atoms with Gasteiger partial charge in [0.1, 0.15) is 0 Å². The summed E-state index contributed by atoms with van der Waals surface area (Å²) in [5.41, 5.74) is 6.87. The van der Waals surface area contributed by atoms with Crippen molar-refractivity contribution < 1.29 is 0 Å². The Morgan fingerprint density at radius 2 is 2.45 bits per heavy atom. The minimum Gasteiger partial charge on any atom is -0.402 e. The zero-order valence-electron chi connectivity index (χ0n) is 6.42. The monoisotopic (exact) mass is 168 g/mol. The number of hydrogen-bond acceptors (Lipinski definition) is 3. The molecule has 11 heavy (non-hydrogen) atoms. The van der Waals surface area contributed by atoms with Crippen LogP contribution < -0.4 is 5.73 Å². The summed E-state index contributed by atoms with van der Waals surface area (Å²) in [7, 11) is 0. The highest BCUT2D eigenvalue weighted by Crippen LogP contribution is 2.34. The van der Waals surface area contributed by atoms with Crippen LogP contribution in [0.5, 0.6) is 0 Å². The zero-order chi connectivity index (χ0) is 7.68. The SMILES string of the molecule is N/C(=C\C1=NCCS1)C1CC1. The zero-order valence-corrected chi connectivity index (χ0v) is 7.23. The van der Waals surface area contributed by atoms with Gasteiger partial charge in [-0.1, -0.05) is 0 Å². The molecular weight excluding hydrogens is 156 g/mol. The number of allylic oxidation sites excluding steroid dienone is 1. The number of thioether (sulfide) groups is 1. The Hall–Kier alpha value is -0.440. The predicted octanol–water partition coefficient (Wildman–Crippen LogP) is 1.38. The lowest BCUT2D eigenvalue weighted by Crippen LogP contribution is -2.01. The quantitative estimate of drug-likeness (QED) is 0.676. The van der Waals surface area contributed by atoms with Gasteiger partial charge in [-0.2, -0.15) is 0 Å². The van der Waals surface area contributed by atoms with E-state index in [-0.39, 0.29) is 0 Å². The fourth-order valence-electron chi connectivity index (χ4n) is 1.12. The van der Waals surface area contributed by atoms with E-state index in [1.54, 1.807) is 0 Å². The van der Waals surface area contributed by atoms with Crippen LogP contribution in [0.1, 0.15) is 12.8 Å². The summed E-state index contributed by atoms with van der Waals surface area (Å²) >= 11 is 1.81. The molecule has 0 amide bonds. The van der Waals surface area contributed by atoms with Crippen molar-refractivity contribution in [1.29, 1.82) is 0 Å². The molecule has 2 aliphatic rings.